The number of carboxylic acids is 1. The Bertz CT molecular complexity index is 1030. The van der Waals surface area contributed by atoms with Crippen LogP contribution in [0.25, 0.3) is 10.9 Å². The Morgan fingerprint density at radius 1 is 1.06 bits per heavy atom. The molecule has 0 aliphatic heterocycles. The van der Waals surface area contributed by atoms with Crippen molar-refractivity contribution in [1.29, 1.82) is 0 Å². The van der Waals surface area contributed by atoms with Gasteiger partial charge in [0.2, 0.25) is 17.7 Å². The molecule has 0 spiro atoms. The number of fused-ring (bicyclic) bond motifs is 1. The fourth-order valence-corrected chi connectivity index (χ4v) is 4.16. The van der Waals surface area contributed by atoms with E-state index >= 15 is 0 Å². The average Bonchev–Trinajstić information content (AvgIpc) is 3.27. The molecule has 11 nitrogen and oxygen atoms in total. The maximum absolute atomic E-state index is 13.0. The Morgan fingerprint density at radius 2 is 1.81 bits per heavy atom. The number of rotatable bonds is 16. The van der Waals surface area contributed by atoms with Crippen molar-refractivity contribution in [2.75, 3.05) is 25.1 Å². The summed E-state index contributed by atoms with van der Waals surface area (Å²) in [6.07, 6.45) is 5.64. The van der Waals surface area contributed by atoms with Gasteiger partial charge in [-0.15, -0.1) is 0 Å². The highest BCUT2D eigenvalue weighted by molar-refractivity contribution is 7.98. The second-order valence-corrected chi connectivity index (χ2v) is 9.46. The zero-order chi connectivity index (χ0) is 26.5. The van der Waals surface area contributed by atoms with Gasteiger partial charge < -0.3 is 37.5 Å². The summed E-state index contributed by atoms with van der Waals surface area (Å²) in [6, 6.07) is 4.58. The lowest BCUT2D eigenvalue weighted by molar-refractivity contribution is -0.142. The first-order valence-corrected chi connectivity index (χ1v) is 13.3. The Kier molecular flexibility index (Phi) is 12.2. The van der Waals surface area contributed by atoms with Crippen molar-refractivity contribution >= 4 is 46.4 Å². The highest BCUT2D eigenvalue weighted by Gasteiger charge is 2.27. The number of carboxylic acid groups (broad SMARTS) is 1. The molecule has 1 aromatic heterocycles. The number of H-pyrrole nitrogens is 1. The molecule has 36 heavy (non-hydrogen) atoms. The molecular weight excluding hydrogens is 484 g/mol. The summed E-state index contributed by atoms with van der Waals surface area (Å²) in [6.45, 7) is 0.0781. The van der Waals surface area contributed by atoms with Crippen molar-refractivity contribution in [3.8, 4) is 0 Å². The number of carbonyl (C=O) groups excluding carboxylic acids is 3. The Labute approximate surface area is 214 Å². The van der Waals surface area contributed by atoms with Gasteiger partial charge in [0.25, 0.3) is 0 Å². The summed E-state index contributed by atoms with van der Waals surface area (Å²) < 4.78 is 0. The number of hydrogen-bond donors (Lipinski definition) is 7. The molecule has 12 heteroatoms. The maximum atomic E-state index is 13.0. The fourth-order valence-electron chi connectivity index (χ4n) is 3.67. The van der Waals surface area contributed by atoms with Crippen LogP contribution in [0.15, 0.2) is 30.5 Å². The third kappa shape index (κ3) is 9.17. The fraction of sp³-hybridized carbons (Fsp3) is 0.500. The van der Waals surface area contributed by atoms with Gasteiger partial charge >= 0.3 is 5.97 Å². The van der Waals surface area contributed by atoms with Gasteiger partial charge in [-0.2, -0.15) is 11.8 Å². The quantitative estimate of drug-likeness (QED) is 0.151. The van der Waals surface area contributed by atoms with E-state index < -0.39 is 41.8 Å². The lowest BCUT2D eigenvalue weighted by atomic mass is 10.0. The Hall–Kier alpha value is -3.09. The molecule has 3 unspecified atom stereocenters. The molecule has 2 aromatic rings. The molecule has 198 valence electrons. The van der Waals surface area contributed by atoms with Crippen LogP contribution in [-0.4, -0.2) is 77.0 Å². The average molecular weight is 521 g/mol. The van der Waals surface area contributed by atoms with Crippen molar-refractivity contribution in [3.05, 3.63) is 36.0 Å². The van der Waals surface area contributed by atoms with Crippen LogP contribution in [0.3, 0.4) is 0 Å². The molecule has 9 N–H and O–H groups in total. The summed E-state index contributed by atoms with van der Waals surface area (Å²) in [5.74, 6) is -2.11. The molecule has 0 bridgehead atoms. The van der Waals surface area contributed by atoms with Gasteiger partial charge in [0.15, 0.2) is 0 Å². The van der Waals surface area contributed by atoms with Gasteiger partial charge in [-0.25, -0.2) is 4.79 Å². The number of thioether (sulfide) groups is 1. The van der Waals surface area contributed by atoms with Crippen LogP contribution in [0.5, 0.6) is 0 Å². The van der Waals surface area contributed by atoms with Crippen molar-refractivity contribution in [3.63, 3.8) is 0 Å². The summed E-state index contributed by atoms with van der Waals surface area (Å²) in [7, 11) is 0. The van der Waals surface area contributed by atoms with Crippen LogP contribution in [0, 0.1) is 0 Å². The van der Waals surface area contributed by atoms with Crippen LogP contribution >= 0.6 is 11.8 Å². The lowest BCUT2D eigenvalue weighted by Crippen LogP contribution is -2.54. The predicted molar refractivity (Wildman–Crippen MR) is 140 cm³/mol. The molecule has 0 saturated heterocycles. The number of amides is 3. The number of hydrogen-bond acceptors (Lipinski definition) is 7. The van der Waals surface area contributed by atoms with E-state index in [2.05, 4.69) is 20.9 Å². The standard InChI is InChI=1S/C24H36N6O5S/c1-36-11-9-17(26)22(32)28-14-21(31)29-19(8-4-5-10-25)23(33)30-20(24(34)35)12-15-13-27-18-7-3-2-6-16(15)18/h2-3,6-7,13,17,19-20,27H,4-5,8-12,14,25-26H2,1H3,(H,28,32)(H,29,31)(H,30,33)(H,34,35). The molecule has 0 fully saturated rings. The molecule has 1 aromatic carbocycles. The zero-order valence-corrected chi connectivity index (χ0v) is 21.2. The van der Waals surface area contributed by atoms with Crippen LogP contribution in [0.1, 0.15) is 31.2 Å². The SMILES string of the molecule is CSCCC(N)C(=O)NCC(=O)NC(CCCCN)C(=O)NC(Cc1c[nH]c2ccccc12)C(=O)O. The minimum atomic E-state index is -1.19. The second-order valence-electron chi connectivity index (χ2n) is 8.47. The van der Waals surface area contributed by atoms with Crippen LogP contribution in [0.4, 0.5) is 0 Å². The largest absolute Gasteiger partial charge is 0.480 e. The van der Waals surface area contributed by atoms with E-state index in [1.807, 2.05) is 30.5 Å². The molecule has 2 rings (SSSR count). The molecule has 1 heterocycles. The van der Waals surface area contributed by atoms with E-state index in [1.165, 1.54) is 0 Å². The highest BCUT2D eigenvalue weighted by atomic mass is 32.2. The van der Waals surface area contributed by atoms with Gasteiger partial charge in [-0.1, -0.05) is 18.2 Å². The number of carbonyl (C=O) groups is 4. The van der Waals surface area contributed by atoms with Crippen LogP contribution in [-0.2, 0) is 25.6 Å². The molecular formula is C24H36N6O5S. The van der Waals surface area contributed by atoms with Gasteiger partial charge in [0, 0.05) is 23.5 Å². The normalized spacial score (nSPS) is 13.5. The monoisotopic (exact) mass is 520 g/mol. The molecule has 0 aliphatic rings. The molecule has 0 aliphatic carbocycles. The van der Waals surface area contributed by atoms with Gasteiger partial charge in [0.05, 0.1) is 12.6 Å². The number of aliphatic carboxylic acids is 1. The zero-order valence-electron chi connectivity index (χ0n) is 20.4. The van der Waals surface area contributed by atoms with E-state index in [0.717, 1.165) is 16.5 Å². The number of aromatic amines is 1. The van der Waals surface area contributed by atoms with E-state index in [-0.39, 0.29) is 19.4 Å². The Balaban J connectivity index is 2.01. The summed E-state index contributed by atoms with van der Waals surface area (Å²) in [5, 5.41) is 18.2. The van der Waals surface area contributed by atoms with E-state index in [9.17, 15) is 24.3 Å². The molecule has 3 atom stereocenters. The molecule has 0 radical (unpaired) electrons. The first kappa shape index (κ1) is 29.1. The van der Waals surface area contributed by atoms with Crippen molar-refractivity contribution in [2.24, 2.45) is 11.5 Å². The third-order valence-electron chi connectivity index (χ3n) is 5.71. The van der Waals surface area contributed by atoms with E-state index in [4.69, 9.17) is 11.5 Å². The highest BCUT2D eigenvalue weighted by Crippen LogP contribution is 2.19. The minimum Gasteiger partial charge on any atom is -0.480 e. The third-order valence-corrected chi connectivity index (χ3v) is 6.35. The number of nitrogens with two attached hydrogens (primary N) is 2. The number of unbranched alkanes of at least 4 members (excludes halogenated alkanes) is 1. The Morgan fingerprint density at radius 3 is 2.50 bits per heavy atom. The number of aromatic nitrogens is 1. The van der Waals surface area contributed by atoms with Crippen LogP contribution < -0.4 is 27.4 Å². The topological polar surface area (TPSA) is 192 Å². The van der Waals surface area contributed by atoms with Gasteiger partial charge in [-0.05, 0) is 55.9 Å². The van der Waals surface area contributed by atoms with Gasteiger partial charge in [-0.3, -0.25) is 14.4 Å². The summed E-state index contributed by atoms with van der Waals surface area (Å²) >= 11 is 1.56. The van der Waals surface area contributed by atoms with E-state index in [0.29, 0.717) is 31.6 Å². The molecule has 0 saturated carbocycles. The lowest BCUT2D eigenvalue weighted by Gasteiger charge is -2.22. The van der Waals surface area contributed by atoms with E-state index in [1.54, 1.807) is 18.0 Å². The van der Waals surface area contributed by atoms with Crippen molar-refractivity contribution in [1.82, 2.24) is 20.9 Å². The summed E-state index contributed by atoms with van der Waals surface area (Å²) in [5.41, 5.74) is 13.0. The predicted octanol–water partition coefficient (Wildman–Crippen LogP) is 0.0902. The van der Waals surface area contributed by atoms with Gasteiger partial charge in [0.1, 0.15) is 12.1 Å². The minimum absolute atomic E-state index is 0.0680. The van der Waals surface area contributed by atoms with Crippen LogP contribution in [0.2, 0.25) is 0 Å². The second kappa shape index (κ2) is 15.1. The smallest absolute Gasteiger partial charge is 0.326 e. The number of benzene rings is 1. The van der Waals surface area contributed by atoms with Crippen molar-refractivity contribution < 1.29 is 24.3 Å². The number of nitrogens with one attached hydrogen (secondary N) is 4. The first-order chi connectivity index (χ1) is 17.3. The molecule has 3 amide bonds. The summed E-state index contributed by atoms with van der Waals surface area (Å²) in [4.78, 5) is 52.5. The first-order valence-electron chi connectivity index (χ1n) is 11.9. The number of para-hydroxylation sites is 1. The van der Waals surface area contributed by atoms with Crippen molar-refractivity contribution in [2.45, 2.75) is 50.2 Å². The maximum Gasteiger partial charge on any atom is 0.326 e.